The molecule has 2 saturated heterocycles. The quantitative estimate of drug-likeness (QED) is 0.815. The Kier molecular flexibility index (Phi) is 5.26. The van der Waals surface area contributed by atoms with Crippen molar-refractivity contribution in [2.75, 3.05) is 19.6 Å². The number of carbonyl (C=O) groups is 3. The average molecular weight is 337 g/mol. The van der Waals surface area contributed by atoms with Crippen LogP contribution in [-0.2, 0) is 9.59 Å². The van der Waals surface area contributed by atoms with Crippen LogP contribution >= 0.6 is 0 Å². The molecule has 0 radical (unpaired) electrons. The summed E-state index contributed by atoms with van der Waals surface area (Å²) in [5.41, 5.74) is 0. The van der Waals surface area contributed by atoms with E-state index < -0.39 is 12.0 Å². The number of likely N-dealkylation sites (tertiary alicyclic amines) is 2. The number of aliphatic carboxylic acids is 1. The zero-order chi connectivity index (χ0) is 17.1. The molecule has 7 heteroatoms. The van der Waals surface area contributed by atoms with Crippen LogP contribution in [0.1, 0.15) is 51.4 Å². The van der Waals surface area contributed by atoms with E-state index in [4.69, 9.17) is 0 Å². The molecule has 0 aromatic rings. The second-order valence-corrected chi connectivity index (χ2v) is 7.24. The molecule has 3 rings (SSSR count). The van der Waals surface area contributed by atoms with Gasteiger partial charge < -0.3 is 20.2 Å². The molecule has 2 N–H and O–H groups in total. The Morgan fingerprint density at radius 2 is 1.62 bits per heavy atom. The molecule has 1 saturated carbocycles. The maximum Gasteiger partial charge on any atom is 0.326 e. The molecule has 2 aliphatic heterocycles. The van der Waals surface area contributed by atoms with Crippen molar-refractivity contribution < 1.29 is 19.5 Å². The summed E-state index contributed by atoms with van der Waals surface area (Å²) >= 11 is 0. The van der Waals surface area contributed by atoms with Crippen molar-refractivity contribution in [1.29, 1.82) is 0 Å². The summed E-state index contributed by atoms with van der Waals surface area (Å²) in [5, 5.41) is 12.3. The van der Waals surface area contributed by atoms with E-state index in [-0.39, 0.29) is 23.9 Å². The summed E-state index contributed by atoms with van der Waals surface area (Å²) < 4.78 is 0. The number of rotatable bonds is 3. The minimum atomic E-state index is -0.924. The minimum absolute atomic E-state index is 0.0735. The van der Waals surface area contributed by atoms with Crippen LogP contribution in [0.5, 0.6) is 0 Å². The number of carboxylic acids is 1. The van der Waals surface area contributed by atoms with Crippen molar-refractivity contribution in [3.05, 3.63) is 0 Å². The van der Waals surface area contributed by atoms with Gasteiger partial charge in [0.05, 0.1) is 5.92 Å². The summed E-state index contributed by atoms with van der Waals surface area (Å²) in [7, 11) is 0. The predicted octanol–water partition coefficient (Wildman–Crippen LogP) is 1.43. The molecule has 2 atom stereocenters. The Labute approximate surface area is 142 Å². The highest BCUT2D eigenvalue weighted by atomic mass is 16.4. The number of nitrogens with one attached hydrogen (secondary N) is 1. The molecule has 134 valence electrons. The SMILES string of the molecule is O=C(O)C1CCCN1C(=O)C1CCCN(C(=O)NC2CCCC2)C1. The number of piperidine rings is 1. The maximum atomic E-state index is 12.7. The molecule has 2 heterocycles. The number of carboxylic acid groups (broad SMARTS) is 1. The topological polar surface area (TPSA) is 90.0 Å². The fraction of sp³-hybridized carbons (Fsp3) is 0.824. The number of nitrogens with zero attached hydrogens (tertiary/aromatic N) is 2. The van der Waals surface area contributed by atoms with Crippen LogP contribution in [0.15, 0.2) is 0 Å². The van der Waals surface area contributed by atoms with Gasteiger partial charge in [-0.1, -0.05) is 12.8 Å². The summed E-state index contributed by atoms with van der Waals surface area (Å²) in [6, 6.07) is -0.501. The molecule has 3 fully saturated rings. The Hall–Kier alpha value is -1.79. The number of carbonyl (C=O) groups excluding carboxylic acids is 2. The molecule has 0 aromatic carbocycles. The third-order valence-corrected chi connectivity index (χ3v) is 5.56. The second kappa shape index (κ2) is 7.40. The lowest BCUT2D eigenvalue weighted by atomic mass is 9.96. The van der Waals surface area contributed by atoms with Crippen molar-refractivity contribution in [2.45, 2.75) is 63.5 Å². The zero-order valence-corrected chi connectivity index (χ0v) is 14.1. The Bertz CT molecular complexity index is 504. The first kappa shape index (κ1) is 17.0. The molecule has 24 heavy (non-hydrogen) atoms. The third kappa shape index (κ3) is 3.65. The van der Waals surface area contributed by atoms with Crippen LogP contribution in [0.3, 0.4) is 0 Å². The number of hydrogen-bond donors (Lipinski definition) is 2. The van der Waals surface area contributed by atoms with Crippen LogP contribution in [0.25, 0.3) is 0 Å². The highest BCUT2D eigenvalue weighted by Gasteiger charge is 2.39. The van der Waals surface area contributed by atoms with E-state index in [1.54, 1.807) is 4.90 Å². The normalized spacial score (nSPS) is 28.2. The van der Waals surface area contributed by atoms with Crippen LogP contribution in [0.2, 0.25) is 0 Å². The smallest absolute Gasteiger partial charge is 0.326 e. The van der Waals surface area contributed by atoms with Crippen LogP contribution < -0.4 is 5.32 Å². The zero-order valence-electron chi connectivity index (χ0n) is 14.1. The van der Waals surface area contributed by atoms with Gasteiger partial charge in [-0.25, -0.2) is 9.59 Å². The molecule has 7 nitrogen and oxygen atoms in total. The van der Waals surface area contributed by atoms with Gasteiger partial charge in [-0.05, 0) is 38.5 Å². The molecule has 2 unspecified atom stereocenters. The predicted molar refractivity (Wildman–Crippen MR) is 87.5 cm³/mol. The minimum Gasteiger partial charge on any atom is -0.480 e. The van der Waals surface area contributed by atoms with Crippen molar-refractivity contribution in [3.63, 3.8) is 0 Å². The molecule has 0 bridgehead atoms. The fourth-order valence-corrected chi connectivity index (χ4v) is 4.22. The number of urea groups is 1. The van der Waals surface area contributed by atoms with Gasteiger partial charge in [0.2, 0.25) is 5.91 Å². The monoisotopic (exact) mass is 337 g/mol. The molecule has 0 spiro atoms. The van der Waals surface area contributed by atoms with E-state index in [2.05, 4.69) is 5.32 Å². The Morgan fingerprint density at radius 1 is 0.917 bits per heavy atom. The molecule has 0 aromatic heterocycles. The van der Waals surface area contributed by atoms with Crippen LogP contribution in [0.4, 0.5) is 4.79 Å². The summed E-state index contributed by atoms with van der Waals surface area (Å²) in [6.45, 7) is 1.59. The lowest BCUT2D eigenvalue weighted by Gasteiger charge is -2.35. The summed E-state index contributed by atoms with van der Waals surface area (Å²) in [6.07, 6.45) is 7.19. The van der Waals surface area contributed by atoms with Gasteiger partial charge in [0.25, 0.3) is 0 Å². The maximum absolute atomic E-state index is 12.7. The first-order valence-corrected chi connectivity index (χ1v) is 9.15. The second-order valence-electron chi connectivity index (χ2n) is 7.24. The van der Waals surface area contributed by atoms with Gasteiger partial charge in [0.1, 0.15) is 6.04 Å². The van der Waals surface area contributed by atoms with Crippen molar-refractivity contribution in [3.8, 4) is 0 Å². The van der Waals surface area contributed by atoms with Gasteiger partial charge in [0.15, 0.2) is 0 Å². The van der Waals surface area contributed by atoms with E-state index in [1.807, 2.05) is 0 Å². The highest BCUT2D eigenvalue weighted by molar-refractivity contribution is 5.86. The molecule has 1 aliphatic carbocycles. The Morgan fingerprint density at radius 3 is 2.33 bits per heavy atom. The van der Waals surface area contributed by atoms with Crippen molar-refractivity contribution in [1.82, 2.24) is 15.1 Å². The van der Waals surface area contributed by atoms with Crippen LogP contribution in [0, 0.1) is 5.92 Å². The van der Waals surface area contributed by atoms with Crippen molar-refractivity contribution >= 4 is 17.9 Å². The van der Waals surface area contributed by atoms with Gasteiger partial charge in [0, 0.05) is 25.7 Å². The molecular formula is C17H27N3O4. The van der Waals surface area contributed by atoms with E-state index >= 15 is 0 Å². The van der Waals surface area contributed by atoms with Crippen molar-refractivity contribution in [2.24, 2.45) is 5.92 Å². The Balaban J connectivity index is 1.57. The van der Waals surface area contributed by atoms with E-state index in [0.717, 1.165) is 44.9 Å². The fourth-order valence-electron chi connectivity index (χ4n) is 4.22. The highest BCUT2D eigenvalue weighted by Crippen LogP contribution is 2.25. The molecule has 3 aliphatic rings. The third-order valence-electron chi connectivity index (χ3n) is 5.56. The molecular weight excluding hydrogens is 310 g/mol. The molecule has 3 amide bonds. The average Bonchev–Trinajstić information content (AvgIpc) is 3.25. The van der Waals surface area contributed by atoms with Gasteiger partial charge in [-0.15, -0.1) is 0 Å². The number of hydrogen-bond acceptors (Lipinski definition) is 3. The standard InChI is InChI=1S/C17H27N3O4/c21-15(20-10-4-8-14(20)16(22)23)12-5-3-9-19(11-12)17(24)18-13-6-1-2-7-13/h12-14H,1-11H2,(H,18,24)(H,22,23). The van der Waals surface area contributed by atoms with E-state index in [0.29, 0.717) is 26.1 Å². The van der Waals surface area contributed by atoms with E-state index in [1.165, 1.54) is 4.90 Å². The summed E-state index contributed by atoms with van der Waals surface area (Å²) in [4.78, 5) is 39.7. The lowest BCUT2D eigenvalue weighted by Crippen LogP contribution is -2.52. The largest absolute Gasteiger partial charge is 0.480 e. The first-order valence-electron chi connectivity index (χ1n) is 9.15. The summed E-state index contributed by atoms with van der Waals surface area (Å²) in [5.74, 6) is -1.29. The van der Waals surface area contributed by atoms with Gasteiger partial charge >= 0.3 is 12.0 Å². The van der Waals surface area contributed by atoms with E-state index in [9.17, 15) is 19.5 Å². The van der Waals surface area contributed by atoms with Gasteiger partial charge in [-0.3, -0.25) is 4.79 Å². The number of amides is 3. The van der Waals surface area contributed by atoms with Gasteiger partial charge in [-0.2, -0.15) is 0 Å². The first-order chi connectivity index (χ1) is 11.6. The lowest BCUT2D eigenvalue weighted by molar-refractivity contribution is -0.150. The van der Waals surface area contributed by atoms with Crippen LogP contribution in [-0.4, -0.2) is 64.5 Å².